The molecule has 0 N–H and O–H groups in total. The largest absolute Gasteiger partial charge is 0.311 e. The maximum absolute atomic E-state index is 2.35. The average molecular weight is 756 g/mol. The number of rotatable bonds is 7. The molecule has 11 rings (SSSR count). The molecule has 2 heteroatoms. The summed E-state index contributed by atoms with van der Waals surface area (Å²) in [5.74, 6) is 0. The van der Waals surface area contributed by atoms with Crippen LogP contribution in [0.3, 0.4) is 0 Å². The van der Waals surface area contributed by atoms with Crippen LogP contribution in [-0.2, 0) is 0 Å². The van der Waals surface area contributed by atoms with Crippen LogP contribution in [0.15, 0.2) is 224 Å². The molecule has 0 aliphatic heterocycles. The van der Waals surface area contributed by atoms with Crippen molar-refractivity contribution in [1.29, 1.82) is 0 Å². The Morgan fingerprint density at radius 1 is 0.241 bits per heavy atom. The Hall–Kier alpha value is -7.26. The van der Waals surface area contributed by atoms with E-state index in [1.807, 2.05) is 11.3 Å². The van der Waals surface area contributed by atoms with E-state index in [-0.39, 0.29) is 0 Å². The summed E-state index contributed by atoms with van der Waals surface area (Å²) < 4.78 is 2.65. The van der Waals surface area contributed by atoms with Crippen molar-refractivity contribution < 1.29 is 0 Å². The summed E-state index contributed by atoms with van der Waals surface area (Å²) in [5.41, 5.74) is 13.0. The first-order valence-electron chi connectivity index (χ1n) is 19.8. The maximum Gasteiger partial charge on any atom is 0.0462 e. The number of anilines is 3. The Morgan fingerprint density at radius 3 is 1.29 bits per heavy atom. The molecule has 0 spiro atoms. The van der Waals surface area contributed by atoms with Crippen molar-refractivity contribution in [2.24, 2.45) is 0 Å². The van der Waals surface area contributed by atoms with E-state index in [1.165, 1.54) is 86.2 Å². The molecule has 0 amide bonds. The number of benzene rings is 10. The van der Waals surface area contributed by atoms with Crippen LogP contribution < -0.4 is 4.90 Å². The summed E-state index contributed by atoms with van der Waals surface area (Å²) in [6.45, 7) is 0. The SMILES string of the molecule is c1ccc(-c2ccc(N(c3ccc(-c4ccc(-c5ccc6c(ccc7ccccc76)c5)cc4)cc3)c3ccc(-c4ccc5sc6ccccc6c5c4)cc3)cc2)cc1. The van der Waals surface area contributed by atoms with Crippen molar-refractivity contribution in [3.63, 3.8) is 0 Å². The van der Waals surface area contributed by atoms with Gasteiger partial charge < -0.3 is 4.90 Å². The van der Waals surface area contributed by atoms with E-state index in [4.69, 9.17) is 0 Å². The summed E-state index contributed by atoms with van der Waals surface area (Å²) in [7, 11) is 0. The Bertz CT molecular complexity index is 3230. The number of fused-ring (bicyclic) bond motifs is 6. The first-order valence-corrected chi connectivity index (χ1v) is 20.6. The topological polar surface area (TPSA) is 3.24 Å². The average Bonchev–Trinajstić information content (AvgIpc) is 3.68. The van der Waals surface area contributed by atoms with Crippen LogP contribution in [0, 0.1) is 0 Å². The first kappa shape index (κ1) is 34.0. The molecule has 0 saturated carbocycles. The lowest BCUT2D eigenvalue weighted by Crippen LogP contribution is -2.09. The highest BCUT2D eigenvalue weighted by Gasteiger charge is 2.15. The lowest BCUT2D eigenvalue weighted by atomic mass is 9.96. The van der Waals surface area contributed by atoms with Gasteiger partial charge in [0.05, 0.1) is 0 Å². The van der Waals surface area contributed by atoms with E-state index >= 15 is 0 Å². The van der Waals surface area contributed by atoms with Gasteiger partial charge in [0.1, 0.15) is 0 Å². The molecular formula is C56H37NS. The molecule has 0 aliphatic carbocycles. The van der Waals surface area contributed by atoms with Crippen LogP contribution in [-0.4, -0.2) is 0 Å². The minimum Gasteiger partial charge on any atom is -0.311 e. The quantitative estimate of drug-likeness (QED) is 0.146. The summed E-state index contributed by atoms with van der Waals surface area (Å²) in [6, 6.07) is 81.9. The molecule has 1 nitrogen and oxygen atoms in total. The molecule has 58 heavy (non-hydrogen) atoms. The summed E-state index contributed by atoms with van der Waals surface area (Å²) in [5, 5.41) is 7.77. The number of hydrogen-bond acceptors (Lipinski definition) is 2. The zero-order chi connectivity index (χ0) is 38.4. The van der Waals surface area contributed by atoms with Gasteiger partial charge >= 0.3 is 0 Å². The fourth-order valence-electron chi connectivity index (χ4n) is 8.44. The molecule has 0 unspecified atom stereocenters. The lowest BCUT2D eigenvalue weighted by molar-refractivity contribution is 1.28. The van der Waals surface area contributed by atoms with Gasteiger partial charge in [-0.05, 0) is 127 Å². The predicted octanol–water partition coefficient (Wildman–Crippen LogP) is 16.5. The summed E-state index contributed by atoms with van der Waals surface area (Å²) in [4.78, 5) is 2.35. The van der Waals surface area contributed by atoms with E-state index in [0.717, 1.165) is 17.1 Å². The Labute approximate surface area is 342 Å². The molecule has 1 heterocycles. The minimum absolute atomic E-state index is 1.11. The van der Waals surface area contributed by atoms with Crippen molar-refractivity contribution in [2.45, 2.75) is 0 Å². The minimum atomic E-state index is 1.11. The standard InChI is InChI=1S/C56H37NS/c1-2-8-38(9-3-1)40-20-28-48(29-21-40)57(50-32-24-43(25-33-50)46-27-35-56-54(37-46)53-12-6-7-13-55(53)58-56)49-30-22-41(23-31-49)39-14-16-42(17-15-39)45-26-34-52-47(36-45)19-18-44-10-4-5-11-51(44)52/h1-37H. The van der Waals surface area contributed by atoms with Crippen LogP contribution in [0.1, 0.15) is 0 Å². The van der Waals surface area contributed by atoms with Gasteiger partial charge in [0, 0.05) is 37.2 Å². The second-order valence-electron chi connectivity index (χ2n) is 15.0. The van der Waals surface area contributed by atoms with Gasteiger partial charge in [-0.25, -0.2) is 0 Å². The van der Waals surface area contributed by atoms with Crippen molar-refractivity contribution in [3.05, 3.63) is 224 Å². The van der Waals surface area contributed by atoms with E-state index in [2.05, 4.69) is 229 Å². The van der Waals surface area contributed by atoms with E-state index in [1.54, 1.807) is 0 Å². The molecule has 1 aromatic heterocycles. The predicted molar refractivity (Wildman–Crippen MR) is 251 cm³/mol. The Kier molecular flexibility index (Phi) is 8.42. The summed E-state index contributed by atoms with van der Waals surface area (Å²) >= 11 is 1.86. The molecule has 0 bridgehead atoms. The fraction of sp³-hybridized carbons (Fsp3) is 0. The number of nitrogens with zero attached hydrogens (tertiary/aromatic N) is 1. The molecule has 11 aromatic rings. The van der Waals surface area contributed by atoms with E-state index in [9.17, 15) is 0 Å². The molecule has 272 valence electrons. The maximum atomic E-state index is 2.35. The monoisotopic (exact) mass is 755 g/mol. The number of hydrogen-bond donors (Lipinski definition) is 0. The molecule has 0 aliphatic rings. The van der Waals surface area contributed by atoms with E-state index in [0.29, 0.717) is 0 Å². The van der Waals surface area contributed by atoms with E-state index < -0.39 is 0 Å². The highest BCUT2D eigenvalue weighted by Crippen LogP contribution is 2.40. The van der Waals surface area contributed by atoms with Gasteiger partial charge in [-0.15, -0.1) is 11.3 Å². The zero-order valence-electron chi connectivity index (χ0n) is 31.7. The van der Waals surface area contributed by atoms with Gasteiger partial charge in [0.25, 0.3) is 0 Å². The molecule has 10 aromatic carbocycles. The van der Waals surface area contributed by atoms with Crippen LogP contribution in [0.5, 0.6) is 0 Å². The van der Waals surface area contributed by atoms with Gasteiger partial charge in [0.2, 0.25) is 0 Å². The lowest BCUT2D eigenvalue weighted by Gasteiger charge is -2.26. The molecule has 0 radical (unpaired) electrons. The van der Waals surface area contributed by atoms with Crippen molar-refractivity contribution in [2.75, 3.05) is 4.90 Å². The smallest absolute Gasteiger partial charge is 0.0462 e. The van der Waals surface area contributed by atoms with Crippen LogP contribution in [0.2, 0.25) is 0 Å². The second kappa shape index (κ2) is 14.4. The van der Waals surface area contributed by atoms with Gasteiger partial charge in [-0.3, -0.25) is 0 Å². The third kappa shape index (κ3) is 6.21. The first-order chi connectivity index (χ1) is 28.7. The Morgan fingerprint density at radius 2 is 0.655 bits per heavy atom. The van der Waals surface area contributed by atoms with Gasteiger partial charge in [0.15, 0.2) is 0 Å². The molecule has 0 saturated heterocycles. The van der Waals surface area contributed by atoms with Crippen molar-refractivity contribution in [1.82, 2.24) is 0 Å². The molecular weight excluding hydrogens is 719 g/mol. The van der Waals surface area contributed by atoms with Gasteiger partial charge in [-0.2, -0.15) is 0 Å². The highest BCUT2D eigenvalue weighted by molar-refractivity contribution is 7.25. The molecule has 0 atom stereocenters. The second-order valence-corrected chi connectivity index (χ2v) is 16.0. The van der Waals surface area contributed by atoms with Crippen LogP contribution in [0.4, 0.5) is 17.1 Å². The van der Waals surface area contributed by atoms with Crippen molar-refractivity contribution >= 4 is 70.1 Å². The fourth-order valence-corrected chi connectivity index (χ4v) is 9.53. The van der Waals surface area contributed by atoms with Crippen LogP contribution in [0.25, 0.3) is 86.2 Å². The Balaban J connectivity index is 0.907. The third-order valence-corrected chi connectivity index (χ3v) is 12.6. The number of thiophene rings is 1. The molecule has 0 fully saturated rings. The highest BCUT2D eigenvalue weighted by atomic mass is 32.1. The third-order valence-electron chi connectivity index (χ3n) is 11.5. The zero-order valence-corrected chi connectivity index (χ0v) is 32.5. The van der Waals surface area contributed by atoms with Crippen LogP contribution >= 0.6 is 11.3 Å². The normalized spacial score (nSPS) is 11.4. The van der Waals surface area contributed by atoms with Crippen molar-refractivity contribution in [3.8, 4) is 44.5 Å². The van der Waals surface area contributed by atoms with Gasteiger partial charge in [-0.1, -0.05) is 164 Å². The summed E-state index contributed by atoms with van der Waals surface area (Å²) in [6.07, 6.45) is 0.